The second-order valence-electron chi connectivity index (χ2n) is 5.70. The molecule has 0 saturated carbocycles. The van der Waals surface area contributed by atoms with E-state index in [1.807, 2.05) is 18.2 Å². The zero-order chi connectivity index (χ0) is 16.8. The van der Waals surface area contributed by atoms with Gasteiger partial charge in [0.25, 0.3) is 5.91 Å². The van der Waals surface area contributed by atoms with E-state index in [0.29, 0.717) is 31.6 Å². The summed E-state index contributed by atoms with van der Waals surface area (Å²) in [4.78, 5) is 38.9. The van der Waals surface area contributed by atoms with Gasteiger partial charge in [0.15, 0.2) is 0 Å². The smallest absolute Gasteiger partial charge is 0.323 e. The van der Waals surface area contributed by atoms with Gasteiger partial charge < -0.3 is 14.9 Å². The van der Waals surface area contributed by atoms with Crippen LogP contribution in [0.25, 0.3) is 0 Å². The SMILES string of the molecule is CCN(CC(=O)O)C(=O)[C@H]1CCCN(C(=O)c2ccccc2)C1. The molecule has 1 aliphatic rings. The molecule has 1 atom stereocenters. The Kier molecular flexibility index (Phi) is 5.73. The molecular formula is C17H22N2O4. The summed E-state index contributed by atoms with van der Waals surface area (Å²) in [6.07, 6.45) is 1.44. The van der Waals surface area contributed by atoms with Crippen LogP contribution >= 0.6 is 0 Å². The molecule has 1 N–H and O–H groups in total. The first-order chi connectivity index (χ1) is 11.0. The van der Waals surface area contributed by atoms with Gasteiger partial charge in [0.1, 0.15) is 6.54 Å². The van der Waals surface area contributed by atoms with Crippen LogP contribution in [0.2, 0.25) is 0 Å². The minimum Gasteiger partial charge on any atom is -0.480 e. The van der Waals surface area contributed by atoms with E-state index in [9.17, 15) is 14.4 Å². The van der Waals surface area contributed by atoms with Gasteiger partial charge in [-0.05, 0) is 31.9 Å². The number of carbonyl (C=O) groups is 3. The van der Waals surface area contributed by atoms with E-state index in [2.05, 4.69) is 0 Å². The third-order valence-corrected chi connectivity index (χ3v) is 4.10. The third-order valence-electron chi connectivity index (χ3n) is 4.10. The van der Waals surface area contributed by atoms with Crippen LogP contribution in [0.4, 0.5) is 0 Å². The van der Waals surface area contributed by atoms with Crippen molar-refractivity contribution in [2.75, 3.05) is 26.2 Å². The molecule has 1 aromatic carbocycles. The van der Waals surface area contributed by atoms with E-state index in [4.69, 9.17) is 5.11 Å². The molecule has 2 rings (SSSR count). The Hall–Kier alpha value is -2.37. The van der Waals surface area contributed by atoms with Crippen LogP contribution in [0, 0.1) is 5.92 Å². The summed E-state index contributed by atoms with van der Waals surface area (Å²) in [5.74, 6) is -1.60. The van der Waals surface area contributed by atoms with Crippen molar-refractivity contribution in [3.05, 3.63) is 35.9 Å². The Balaban J connectivity index is 2.04. The fourth-order valence-corrected chi connectivity index (χ4v) is 2.89. The van der Waals surface area contributed by atoms with Crippen LogP contribution in [-0.4, -0.2) is 58.9 Å². The summed E-state index contributed by atoms with van der Waals surface area (Å²) in [5.41, 5.74) is 0.610. The molecule has 6 nitrogen and oxygen atoms in total. The van der Waals surface area contributed by atoms with Crippen LogP contribution in [0.1, 0.15) is 30.1 Å². The number of aliphatic carboxylic acids is 1. The summed E-state index contributed by atoms with van der Waals surface area (Å²) >= 11 is 0. The monoisotopic (exact) mass is 318 g/mol. The number of nitrogens with zero attached hydrogens (tertiary/aromatic N) is 2. The normalized spacial score (nSPS) is 17.6. The van der Waals surface area contributed by atoms with Crippen molar-refractivity contribution in [1.29, 1.82) is 0 Å². The van der Waals surface area contributed by atoms with Crippen LogP contribution < -0.4 is 0 Å². The molecule has 23 heavy (non-hydrogen) atoms. The zero-order valence-electron chi connectivity index (χ0n) is 13.3. The predicted molar refractivity (Wildman–Crippen MR) is 85.0 cm³/mol. The lowest BCUT2D eigenvalue weighted by Gasteiger charge is -2.34. The molecule has 1 heterocycles. The number of likely N-dealkylation sites (N-methyl/N-ethyl adjacent to an activating group) is 1. The van der Waals surface area contributed by atoms with Crippen molar-refractivity contribution >= 4 is 17.8 Å². The van der Waals surface area contributed by atoms with Crippen molar-refractivity contribution < 1.29 is 19.5 Å². The first kappa shape index (κ1) is 17.0. The molecule has 1 aliphatic heterocycles. The number of carbonyl (C=O) groups excluding carboxylic acids is 2. The number of carboxylic acids is 1. The van der Waals surface area contributed by atoms with Gasteiger partial charge in [-0.15, -0.1) is 0 Å². The van der Waals surface area contributed by atoms with Gasteiger partial charge in [0.05, 0.1) is 5.92 Å². The lowest BCUT2D eigenvalue weighted by atomic mass is 9.95. The molecule has 6 heteroatoms. The minimum absolute atomic E-state index is 0.0793. The number of hydrogen-bond acceptors (Lipinski definition) is 3. The molecule has 1 aromatic rings. The summed E-state index contributed by atoms with van der Waals surface area (Å²) in [6, 6.07) is 8.99. The van der Waals surface area contributed by atoms with E-state index in [-0.39, 0.29) is 24.3 Å². The van der Waals surface area contributed by atoms with Crippen molar-refractivity contribution in [3.8, 4) is 0 Å². The van der Waals surface area contributed by atoms with Crippen molar-refractivity contribution in [1.82, 2.24) is 9.80 Å². The van der Waals surface area contributed by atoms with E-state index in [1.165, 1.54) is 4.90 Å². The van der Waals surface area contributed by atoms with E-state index < -0.39 is 5.97 Å². The van der Waals surface area contributed by atoms with Gasteiger partial charge in [-0.2, -0.15) is 0 Å². The van der Waals surface area contributed by atoms with Gasteiger partial charge in [0, 0.05) is 25.2 Å². The Morgan fingerprint density at radius 3 is 2.57 bits per heavy atom. The quantitative estimate of drug-likeness (QED) is 0.892. The Morgan fingerprint density at radius 1 is 1.26 bits per heavy atom. The topological polar surface area (TPSA) is 77.9 Å². The fraction of sp³-hybridized carbons (Fsp3) is 0.471. The third kappa shape index (κ3) is 4.31. The minimum atomic E-state index is -1.02. The molecule has 2 amide bonds. The molecule has 0 spiro atoms. The number of amides is 2. The van der Waals surface area contributed by atoms with E-state index >= 15 is 0 Å². The Morgan fingerprint density at radius 2 is 1.96 bits per heavy atom. The highest BCUT2D eigenvalue weighted by atomic mass is 16.4. The Labute approximate surface area is 135 Å². The summed E-state index contributed by atoms with van der Waals surface area (Å²) < 4.78 is 0. The maximum Gasteiger partial charge on any atom is 0.323 e. The van der Waals surface area contributed by atoms with E-state index in [1.54, 1.807) is 24.0 Å². The number of piperidine rings is 1. The second-order valence-corrected chi connectivity index (χ2v) is 5.70. The maximum absolute atomic E-state index is 12.5. The largest absolute Gasteiger partial charge is 0.480 e. The fourth-order valence-electron chi connectivity index (χ4n) is 2.89. The lowest BCUT2D eigenvalue weighted by Crippen LogP contribution is -2.47. The predicted octanol–water partition coefficient (Wildman–Crippen LogP) is 1.47. The molecular weight excluding hydrogens is 296 g/mol. The highest BCUT2D eigenvalue weighted by Gasteiger charge is 2.31. The molecule has 1 saturated heterocycles. The van der Waals surface area contributed by atoms with Crippen molar-refractivity contribution in [3.63, 3.8) is 0 Å². The first-order valence-electron chi connectivity index (χ1n) is 7.87. The number of likely N-dealkylation sites (tertiary alicyclic amines) is 1. The molecule has 124 valence electrons. The van der Waals surface area contributed by atoms with Crippen LogP contribution in [0.3, 0.4) is 0 Å². The molecule has 0 aromatic heterocycles. The Bertz CT molecular complexity index is 573. The molecule has 1 fully saturated rings. The van der Waals surface area contributed by atoms with Crippen LogP contribution in [0.15, 0.2) is 30.3 Å². The maximum atomic E-state index is 12.5. The number of rotatable bonds is 5. The molecule has 0 unspecified atom stereocenters. The van der Waals surface area contributed by atoms with Gasteiger partial charge in [-0.3, -0.25) is 14.4 Å². The van der Waals surface area contributed by atoms with Crippen LogP contribution in [-0.2, 0) is 9.59 Å². The molecule has 0 aliphatic carbocycles. The highest BCUT2D eigenvalue weighted by molar-refractivity contribution is 5.94. The molecule has 0 radical (unpaired) electrons. The highest BCUT2D eigenvalue weighted by Crippen LogP contribution is 2.20. The lowest BCUT2D eigenvalue weighted by molar-refractivity contribution is -0.146. The van der Waals surface area contributed by atoms with Gasteiger partial charge >= 0.3 is 5.97 Å². The summed E-state index contributed by atoms with van der Waals surface area (Å²) in [7, 11) is 0. The summed E-state index contributed by atoms with van der Waals surface area (Å²) in [5, 5.41) is 8.89. The molecule has 0 bridgehead atoms. The van der Waals surface area contributed by atoms with Crippen LogP contribution in [0.5, 0.6) is 0 Å². The standard InChI is InChI=1S/C17H22N2O4/c1-2-18(12-15(20)21)17(23)14-9-6-10-19(11-14)16(22)13-7-4-3-5-8-13/h3-5,7-8,14H,2,6,9-12H2,1H3,(H,20,21)/t14-/m0/s1. The average molecular weight is 318 g/mol. The number of carboxylic acid groups (broad SMARTS) is 1. The van der Waals surface area contributed by atoms with E-state index in [0.717, 1.165) is 6.42 Å². The van der Waals surface area contributed by atoms with Crippen molar-refractivity contribution in [2.45, 2.75) is 19.8 Å². The van der Waals surface area contributed by atoms with Crippen molar-refractivity contribution in [2.24, 2.45) is 5.92 Å². The van der Waals surface area contributed by atoms with Gasteiger partial charge in [-0.1, -0.05) is 18.2 Å². The number of benzene rings is 1. The summed E-state index contributed by atoms with van der Waals surface area (Å²) in [6.45, 7) is 2.80. The zero-order valence-corrected chi connectivity index (χ0v) is 13.3. The second kappa shape index (κ2) is 7.76. The van der Waals surface area contributed by atoms with Gasteiger partial charge in [-0.25, -0.2) is 0 Å². The number of hydrogen-bond donors (Lipinski definition) is 1. The van der Waals surface area contributed by atoms with Gasteiger partial charge in [0.2, 0.25) is 5.91 Å². The average Bonchev–Trinajstić information content (AvgIpc) is 2.59. The first-order valence-corrected chi connectivity index (χ1v) is 7.87.